The van der Waals surface area contributed by atoms with E-state index < -0.39 is 0 Å². The molecule has 4 rings (SSSR count). The summed E-state index contributed by atoms with van der Waals surface area (Å²) in [6.07, 6.45) is 14.1. The maximum atomic E-state index is 9.04. The Kier molecular flexibility index (Phi) is 7.80. The molecule has 1 N–H and O–H groups in total. The van der Waals surface area contributed by atoms with Crippen LogP contribution in [0.1, 0.15) is 71.6 Å². The van der Waals surface area contributed by atoms with Crippen LogP contribution in [0.3, 0.4) is 0 Å². The van der Waals surface area contributed by atoms with Gasteiger partial charge in [-0.05, 0) is 93.5 Å². The van der Waals surface area contributed by atoms with E-state index in [2.05, 4.69) is 25.7 Å². The molecular weight excluding hydrogens is 342 g/mol. The van der Waals surface area contributed by atoms with Crippen molar-refractivity contribution in [2.75, 3.05) is 20.0 Å². The van der Waals surface area contributed by atoms with Gasteiger partial charge in [-0.2, -0.15) is 0 Å². The SMILES string of the molecule is C=C1CC23CCC4C(C)CCC[C@@]4(C)C2CCC1C3.CNC.O=CCCl. The number of halogens is 1. The summed E-state index contributed by atoms with van der Waals surface area (Å²) in [6.45, 7) is 9.65. The lowest BCUT2D eigenvalue weighted by molar-refractivity contribution is -0.120. The lowest BCUT2D eigenvalue weighted by Crippen LogP contribution is -2.53. The number of hydrogen-bond acceptors (Lipinski definition) is 2. The second-order valence-corrected chi connectivity index (χ2v) is 9.88. The van der Waals surface area contributed by atoms with Crippen LogP contribution in [0.15, 0.2) is 12.2 Å². The summed E-state index contributed by atoms with van der Waals surface area (Å²) in [4.78, 5) is 9.04. The Morgan fingerprint density at radius 1 is 1.23 bits per heavy atom. The number of aldehydes is 1. The molecule has 4 fully saturated rings. The zero-order valence-corrected chi connectivity index (χ0v) is 18.2. The second-order valence-electron chi connectivity index (χ2n) is 9.57. The topological polar surface area (TPSA) is 29.1 Å². The lowest BCUT2D eigenvalue weighted by Gasteiger charge is -2.61. The van der Waals surface area contributed by atoms with Gasteiger partial charge in [0.15, 0.2) is 0 Å². The molecule has 0 heterocycles. The highest BCUT2D eigenvalue weighted by atomic mass is 35.5. The van der Waals surface area contributed by atoms with Crippen LogP contribution >= 0.6 is 11.6 Å². The van der Waals surface area contributed by atoms with Gasteiger partial charge in [0.25, 0.3) is 0 Å². The predicted octanol–water partition coefficient (Wildman–Crippen LogP) is 5.85. The predicted molar refractivity (Wildman–Crippen MR) is 113 cm³/mol. The van der Waals surface area contributed by atoms with Crippen LogP contribution in [0.5, 0.6) is 0 Å². The molecule has 1 spiro atoms. The zero-order chi connectivity index (χ0) is 19.4. The van der Waals surface area contributed by atoms with Crippen LogP contribution in [0.2, 0.25) is 0 Å². The number of carbonyl (C=O) groups is 1. The van der Waals surface area contributed by atoms with Gasteiger partial charge < -0.3 is 10.1 Å². The molecule has 26 heavy (non-hydrogen) atoms. The molecule has 5 unspecified atom stereocenters. The van der Waals surface area contributed by atoms with Crippen molar-refractivity contribution in [3.05, 3.63) is 12.2 Å². The molecule has 4 saturated carbocycles. The Morgan fingerprint density at radius 2 is 1.88 bits per heavy atom. The van der Waals surface area contributed by atoms with Crippen molar-refractivity contribution in [1.82, 2.24) is 5.32 Å². The van der Waals surface area contributed by atoms with Gasteiger partial charge >= 0.3 is 0 Å². The zero-order valence-electron chi connectivity index (χ0n) is 17.5. The molecule has 0 aliphatic heterocycles. The minimum atomic E-state index is 0.111. The van der Waals surface area contributed by atoms with Gasteiger partial charge in [-0.15, -0.1) is 11.6 Å². The molecule has 0 radical (unpaired) electrons. The first kappa shape index (κ1) is 22.0. The molecule has 0 amide bonds. The van der Waals surface area contributed by atoms with Crippen LogP contribution in [-0.2, 0) is 4.79 Å². The van der Waals surface area contributed by atoms with Gasteiger partial charge in [-0.25, -0.2) is 0 Å². The standard InChI is InChI=1S/C19H30.C2H3ClO.C2H7N/c1-13-5-4-9-18(3)16(13)8-10-19-11-14(2)15(12-19)6-7-17(18)19;3-1-2-4;1-3-2/h13,15-17H,2,4-12H2,1,3H3;2H,1H2;3H,1-2H3/t13?,15?,16?,17?,18-,19?;;/m1../s1. The Labute approximate surface area is 166 Å². The van der Waals surface area contributed by atoms with Crippen molar-refractivity contribution in [3.8, 4) is 0 Å². The highest BCUT2D eigenvalue weighted by molar-refractivity contribution is 6.24. The van der Waals surface area contributed by atoms with Crippen LogP contribution in [0.25, 0.3) is 0 Å². The van der Waals surface area contributed by atoms with E-state index in [-0.39, 0.29) is 5.88 Å². The van der Waals surface area contributed by atoms with Gasteiger partial charge in [0.05, 0.1) is 5.88 Å². The summed E-state index contributed by atoms with van der Waals surface area (Å²) in [5.74, 6) is 4.05. The van der Waals surface area contributed by atoms with Crippen molar-refractivity contribution in [3.63, 3.8) is 0 Å². The van der Waals surface area contributed by atoms with Crippen LogP contribution in [0.4, 0.5) is 0 Å². The minimum absolute atomic E-state index is 0.111. The van der Waals surface area contributed by atoms with Crippen molar-refractivity contribution < 1.29 is 4.79 Å². The average molecular weight is 382 g/mol. The molecule has 3 heteroatoms. The normalized spacial score (nSPS) is 43.0. The van der Waals surface area contributed by atoms with E-state index in [0.29, 0.717) is 17.1 Å². The van der Waals surface area contributed by atoms with Gasteiger partial charge in [-0.1, -0.05) is 38.8 Å². The molecule has 2 nitrogen and oxygen atoms in total. The van der Waals surface area contributed by atoms with E-state index in [9.17, 15) is 0 Å². The maximum Gasteiger partial charge on any atom is 0.134 e. The first-order valence-corrected chi connectivity index (χ1v) is 11.2. The summed E-state index contributed by atoms with van der Waals surface area (Å²) >= 11 is 4.82. The van der Waals surface area contributed by atoms with E-state index in [1.807, 2.05) is 14.1 Å². The highest BCUT2D eigenvalue weighted by Crippen LogP contribution is 2.70. The molecule has 0 aromatic heterocycles. The first-order chi connectivity index (χ1) is 12.4. The monoisotopic (exact) mass is 381 g/mol. The van der Waals surface area contributed by atoms with Gasteiger partial charge in [-0.3, -0.25) is 0 Å². The van der Waals surface area contributed by atoms with E-state index in [4.69, 9.17) is 16.4 Å². The maximum absolute atomic E-state index is 9.04. The summed E-state index contributed by atoms with van der Waals surface area (Å²) in [5.41, 5.74) is 2.99. The summed E-state index contributed by atoms with van der Waals surface area (Å²) in [5, 5.41) is 2.75. The molecule has 2 bridgehead atoms. The Morgan fingerprint density at radius 3 is 2.50 bits per heavy atom. The van der Waals surface area contributed by atoms with E-state index in [1.54, 1.807) is 5.57 Å². The fraction of sp³-hybridized carbons (Fsp3) is 0.870. The van der Waals surface area contributed by atoms with Crippen molar-refractivity contribution in [2.24, 2.45) is 34.5 Å². The highest BCUT2D eigenvalue weighted by Gasteiger charge is 2.61. The third-order valence-corrected chi connectivity index (χ3v) is 8.20. The molecule has 0 saturated heterocycles. The number of fused-ring (bicyclic) bond motifs is 3. The number of rotatable bonds is 1. The van der Waals surface area contributed by atoms with Gasteiger partial charge in [0, 0.05) is 0 Å². The molecule has 4 aliphatic rings. The average Bonchev–Trinajstić information content (AvgIpc) is 2.84. The molecule has 150 valence electrons. The first-order valence-electron chi connectivity index (χ1n) is 10.6. The number of nitrogens with one attached hydrogen (secondary N) is 1. The Hall–Kier alpha value is -0.340. The molecule has 0 aromatic carbocycles. The van der Waals surface area contributed by atoms with Crippen molar-refractivity contribution in [1.29, 1.82) is 0 Å². The van der Waals surface area contributed by atoms with Crippen LogP contribution < -0.4 is 5.32 Å². The quantitative estimate of drug-likeness (QED) is 0.351. The summed E-state index contributed by atoms with van der Waals surface area (Å²) < 4.78 is 0. The third kappa shape index (κ3) is 4.07. The number of alkyl halides is 1. The molecular formula is C23H40ClNO. The van der Waals surface area contributed by atoms with Gasteiger partial charge in [0.2, 0.25) is 0 Å². The largest absolute Gasteiger partial charge is 0.323 e. The smallest absolute Gasteiger partial charge is 0.134 e. The van der Waals surface area contributed by atoms with Crippen molar-refractivity contribution in [2.45, 2.75) is 71.6 Å². The fourth-order valence-electron chi connectivity index (χ4n) is 7.27. The number of allylic oxidation sites excluding steroid dienone is 1. The summed E-state index contributed by atoms with van der Waals surface area (Å²) in [6, 6.07) is 0. The Bertz CT molecular complexity index is 493. The minimum Gasteiger partial charge on any atom is -0.323 e. The summed E-state index contributed by atoms with van der Waals surface area (Å²) in [7, 11) is 3.75. The van der Waals surface area contributed by atoms with Crippen LogP contribution in [-0.4, -0.2) is 26.3 Å². The number of hydrogen-bond donors (Lipinski definition) is 1. The third-order valence-electron chi connectivity index (χ3n) is 8.07. The fourth-order valence-corrected chi connectivity index (χ4v) is 7.27. The molecule has 6 atom stereocenters. The van der Waals surface area contributed by atoms with E-state index in [1.165, 1.54) is 57.8 Å². The Balaban J connectivity index is 0.000000303. The van der Waals surface area contributed by atoms with Crippen molar-refractivity contribution >= 4 is 17.9 Å². The number of carbonyl (C=O) groups excluding carboxylic acids is 1. The van der Waals surface area contributed by atoms with Gasteiger partial charge in [0.1, 0.15) is 6.29 Å². The molecule has 0 aromatic rings. The lowest BCUT2D eigenvalue weighted by atomic mass is 9.43. The van der Waals surface area contributed by atoms with Crippen LogP contribution in [0, 0.1) is 34.5 Å². The molecule has 4 aliphatic carbocycles. The second kappa shape index (κ2) is 9.24. The van der Waals surface area contributed by atoms with E-state index in [0.717, 1.165) is 23.7 Å². The van der Waals surface area contributed by atoms with E-state index >= 15 is 0 Å².